The van der Waals surface area contributed by atoms with Crippen molar-refractivity contribution in [2.75, 3.05) is 25.6 Å². The molecule has 0 N–H and O–H groups in total. The smallest absolute Gasteiger partial charge is 0.191 e. The minimum atomic E-state index is -1.25. The van der Waals surface area contributed by atoms with Gasteiger partial charge >= 0.3 is 0 Å². The van der Waals surface area contributed by atoms with Crippen molar-refractivity contribution in [3.63, 3.8) is 0 Å². The van der Waals surface area contributed by atoms with Gasteiger partial charge < -0.3 is 18.5 Å². The van der Waals surface area contributed by atoms with E-state index < -0.39 is 38.5 Å². The molecule has 0 heterocycles. The van der Waals surface area contributed by atoms with E-state index >= 15 is 0 Å². The fourth-order valence-electron chi connectivity index (χ4n) is 7.27. The molecule has 0 aliphatic rings. The quantitative estimate of drug-likeness (QED) is 0.0490. The van der Waals surface area contributed by atoms with E-state index in [0.717, 1.165) is 12.8 Å². The lowest BCUT2D eigenvalue weighted by molar-refractivity contribution is -0.203. The van der Waals surface area contributed by atoms with Crippen LogP contribution in [0.2, 0.25) is 0 Å². The van der Waals surface area contributed by atoms with E-state index in [4.69, 9.17) is 18.5 Å². The van der Waals surface area contributed by atoms with Crippen LogP contribution < -0.4 is 0 Å². The van der Waals surface area contributed by atoms with E-state index in [2.05, 4.69) is 171 Å². The molecule has 0 aliphatic carbocycles. The summed E-state index contributed by atoms with van der Waals surface area (Å²) >= 11 is 2.73. The second kappa shape index (κ2) is 27.4. The number of thioether (sulfide) groups is 2. The maximum atomic E-state index is 12.6. The van der Waals surface area contributed by atoms with E-state index in [1.54, 1.807) is 0 Å². The first-order chi connectivity index (χ1) is 27.7. The number of ether oxygens (including phenoxy) is 2. The van der Waals surface area contributed by atoms with Crippen LogP contribution in [0.4, 0.5) is 0 Å². The molecular weight excluding hydrogens is 843 g/mol. The van der Waals surface area contributed by atoms with Gasteiger partial charge in [0, 0.05) is 71.2 Å². The Morgan fingerprint density at radius 3 is 1.34 bits per heavy atom. The Morgan fingerprint density at radius 2 is 0.951 bits per heavy atom. The van der Waals surface area contributed by atoms with Crippen molar-refractivity contribution in [1.29, 1.82) is 0 Å². The van der Waals surface area contributed by atoms with Gasteiger partial charge in [-0.15, -0.1) is 0 Å². The number of nitrogens with zero attached hydrogens (tertiary/aromatic N) is 4. The molecule has 0 spiro atoms. The van der Waals surface area contributed by atoms with Crippen LogP contribution in [0.25, 0.3) is 0 Å². The van der Waals surface area contributed by atoms with Gasteiger partial charge in [-0.3, -0.25) is 9.59 Å². The zero-order valence-corrected chi connectivity index (χ0v) is 47.5. The lowest BCUT2D eigenvalue weighted by Gasteiger charge is -2.54. The third-order valence-corrected chi connectivity index (χ3v) is 20.4. The third-order valence-electron chi connectivity index (χ3n) is 11.6. The number of hydrogen-bond donors (Lipinski definition) is 0. The van der Waals surface area contributed by atoms with Gasteiger partial charge in [-0.1, -0.05) is 44.3 Å². The van der Waals surface area contributed by atoms with Crippen LogP contribution >= 0.6 is 40.4 Å². The molecule has 0 saturated carbocycles. The van der Waals surface area contributed by atoms with Crippen LogP contribution in [0.5, 0.6) is 0 Å². The van der Waals surface area contributed by atoms with Crippen LogP contribution in [0.1, 0.15) is 192 Å². The maximum Gasteiger partial charge on any atom is 0.191 e. The van der Waals surface area contributed by atoms with E-state index in [1.165, 1.54) is 23.5 Å². The van der Waals surface area contributed by atoms with Crippen LogP contribution in [0.3, 0.4) is 0 Å². The molecule has 0 aliphatic heterocycles. The maximum absolute atomic E-state index is 12.6. The predicted molar refractivity (Wildman–Crippen MR) is 271 cm³/mol. The molecule has 364 valence electrons. The molecule has 0 bridgehead atoms. The lowest BCUT2D eigenvalue weighted by atomic mass is 9.86. The monoisotopic (exact) mass is 941 g/mol. The predicted octanol–water partition coefficient (Wildman–Crippen LogP) is 13.4. The van der Waals surface area contributed by atoms with E-state index in [9.17, 15) is 9.59 Å². The standard InChI is InChI=1S/C47H98N4O6P2S2/c1-26-42(52)61-47(24,25)46(22,23)56-44(18,19)45(20,21)57-59(49(36(8)9)37(10)11)51(39(14)15)41(17)28-27-40(16)50(38(12)13)58(48(34(4)5)35(6)7)55-30-29-54-31-32-60-43(53)33(2)3/h33-41H,26-32H2,1-25H3. The summed E-state index contributed by atoms with van der Waals surface area (Å²) in [5.74, 6) is 0.697. The first-order valence-electron chi connectivity index (χ1n) is 23.4. The lowest BCUT2D eigenvalue weighted by Crippen LogP contribution is -2.58. The highest BCUT2D eigenvalue weighted by molar-refractivity contribution is 8.14. The Kier molecular flexibility index (Phi) is 27.7. The molecule has 61 heavy (non-hydrogen) atoms. The summed E-state index contributed by atoms with van der Waals surface area (Å²) in [5, 5.41) is 0.380. The van der Waals surface area contributed by atoms with Gasteiger partial charge in [0.25, 0.3) is 0 Å². The highest BCUT2D eigenvalue weighted by Crippen LogP contribution is 2.57. The molecule has 0 aromatic heterocycles. The van der Waals surface area contributed by atoms with E-state index in [-0.39, 0.29) is 52.4 Å². The molecule has 4 unspecified atom stereocenters. The van der Waals surface area contributed by atoms with Crippen molar-refractivity contribution in [2.45, 2.75) is 262 Å². The number of rotatable bonds is 31. The SMILES string of the molecule is CCC(=O)SC(C)(C)C(C)(C)OC(C)(C)C(C)(C)OP(N(C(C)C)C(C)C)N(C(C)C)C(C)CCC(C)N(C(C)C)P(OCCOCCSC(=O)C(C)C)N(C(C)C)C(C)C. The Balaban J connectivity index is 6.67. The normalized spacial score (nSPS) is 16.0. The molecule has 0 amide bonds. The number of carbonyl (C=O) groups excluding carboxylic acids is 2. The van der Waals surface area contributed by atoms with Gasteiger partial charge in [-0.2, -0.15) is 0 Å². The van der Waals surface area contributed by atoms with Crippen molar-refractivity contribution in [3.05, 3.63) is 0 Å². The molecule has 0 rings (SSSR count). The average Bonchev–Trinajstić information content (AvgIpc) is 3.08. The minimum Gasteiger partial charge on any atom is -0.378 e. The van der Waals surface area contributed by atoms with E-state index in [1.807, 2.05) is 20.8 Å². The number of hydrogen-bond acceptors (Lipinski definition) is 12. The first-order valence-corrected chi connectivity index (χ1v) is 27.6. The molecule has 10 nitrogen and oxygen atoms in total. The molecule has 0 fully saturated rings. The summed E-state index contributed by atoms with van der Waals surface area (Å²) in [5.41, 5.74) is -2.02. The van der Waals surface area contributed by atoms with E-state index in [0.29, 0.717) is 44.1 Å². The fraction of sp³-hybridized carbons (Fsp3) is 0.957. The van der Waals surface area contributed by atoms with Gasteiger partial charge in [-0.05, 0) is 165 Å². The van der Waals surface area contributed by atoms with Gasteiger partial charge in [0.15, 0.2) is 27.1 Å². The summed E-state index contributed by atoms with van der Waals surface area (Å²) in [6, 6.07) is 2.09. The number of carbonyl (C=O) groups is 2. The molecule has 4 atom stereocenters. The third kappa shape index (κ3) is 19.4. The molecule has 0 radical (unpaired) electrons. The Labute approximate surface area is 389 Å². The highest BCUT2D eigenvalue weighted by atomic mass is 32.2. The van der Waals surface area contributed by atoms with Crippen molar-refractivity contribution in [1.82, 2.24) is 18.7 Å². The second-order valence-electron chi connectivity index (χ2n) is 20.7. The Bertz CT molecular complexity index is 1250. The highest BCUT2D eigenvalue weighted by Gasteiger charge is 2.51. The fourth-order valence-corrected chi connectivity index (χ4v) is 14.1. The van der Waals surface area contributed by atoms with Crippen LogP contribution in [-0.2, 0) is 28.1 Å². The summed E-state index contributed by atoms with van der Waals surface area (Å²) in [7, 11) is -2.35. The largest absolute Gasteiger partial charge is 0.378 e. The van der Waals surface area contributed by atoms with Gasteiger partial charge in [0.1, 0.15) is 0 Å². The second-order valence-corrected chi connectivity index (χ2v) is 26.8. The topological polar surface area (TPSA) is 84.0 Å². The molecule has 0 saturated heterocycles. The molecule has 0 aromatic carbocycles. The molecular formula is C47H98N4O6P2S2. The summed E-state index contributed by atoms with van der Waals surface area (Å²) in [4.78, 5) is 24.7. The van der Waals surface area contributed by atoms with Crippen LogP contribution in [-0.4, -0.2) is 124 Å². The zero-order chi connectivity index (χ0) is 48.0. The van der Waals surface area contributed by atoms with Crippen molar-refractivity contribution >= 4 is 50.7 Å². The zero-order valence-electron chi connectivity index (χ0n) is 44.1. The average molecular weight is 941 g/mol. The van der Waals surface area contributed by atoms with Gasteiger partial charge in [-0.25, -0.2) is 18.7 Å². The molecule has 0 aromatic rings. The molecule has 14 heteroatoms. The summed E-state index contributed by atoms with van der Waals surface area (Å²) in [6.07, 6.45) is 2.48. The van der Waals surface area contributed by atoms with Crippen LogP contribution in [0, 0.1) is 5.92 Å². The van der Waals surface area contributed by atoms with Crippen molar-refractivity contribution in [2.24, 2.45) is 5.92 Å². The summed E-state index contributed by atoms with van der Waals surface area (Å²) < 4.78 is 37.4. The van der Waals surface area contributed by atoms with Crippen molar-refractivity contribution in [3.8, 4) is 0 Å². The summed E-state index contributed by atoms with van der Waals surface area (Å²) in [6.45, 7) is 56.5. The van der Waals surface area contributed by atoms with Gasteiger partial charge in [0.2, 0.25) is 0 Å². The van der Waals surface area contributed by atoms with Gasteiger partial charge in [0.05, 0.1) is 36.6 Å². The minimum absolute atomic E-state index is 0.0335. The Hall–Kier alpha value is 0.580. The Morgan fingerprint density at radius 1 is 0.541 bits per heavy atom. The van der Waals surface area contributed by atoms with Crippen LogP contribution in [0.15, 0.2) is 0 Å². The van der Waals surface area contributed by atoms with Crippen molar-refractivity contribution < 1.29 is 28.1 Å². The first kappa shape index (κ1) is 61.6.